The van der Waals surface area contributed by atoms with Gasteiger partial charge >= 0.3 is 0 Å². The molecule has 0 spiro atoms. The highest BCUT2D eigenvalue weighted by molar-refractivity contribution is 7.99. The molecule has 3 aromatic rings. The number of carbonyl (C=O) groups excluding carboxylic acids is 1. The zero-order valence-electron chi connectivity index (χ0n) is 18.9. The van der Waals surface area contributed by atoms with Gasteiger partial charge in [-0.2, -0.15) is 10.2 Å². The fraction of sp³-hybridized carbons (Fsp3) is 0.320. The number of amides is 1. The molecule has 7 nitrogen and oxygen atoms in total. The van der Waals surface area contributed by atoms with Gasteiger partial charge in [0.05, 0.1) is 17.3 Å². The third kappa shape index (κ3) is 4.69. The lowest BCUT2D eigenvalue weighted by molar-refractivity contribution is -0.120. The van der Waals surface area contributed by atoms with E-state index in [9.17, 15) is 10.1 Å². The highest BCUT2D eigenvalue weighted by Crippen LogP contribution is 2.44. The van der Waals surface area contributed by atoms with Crippen molar-refractivity contribution in [3.8, 4) is 23.2 Å². The summed E-state index contributed by atoms with van der Waals surface area (Å²) in [6.07, 6.45) is 1.69. The van der Waals surface area contributed by atoms with E-state index in [1.165, 1.54) is 0 Å². The van der Waals surface area contributed by atoms with Crippen molar-refractivity contribution in [2.75, 3.05) is 10.7 Å². The summed E-state index contributed by atoms with van der Waals surface area (Å²) in [6, 6.07) is 15.1. The third-order valence-electron chi connectivity index (χ3n) is 5.38. The van der Waals surface area contributed by atoms with Gasteiger partial charge in [0.2, 0.25) is 23.2 Å². The maximum atomic E-state index is 13.2. The summed E-state index contributed by atoms with van der Waals surface area (Å²) >= 11 is 1.54. The van der Waals surface area contributed by atoms with E-state index in [1.54, 1.807) is 28.8 Å². The number of benzene rings is 2. The van der Waals surface area contributed by atoms with Crippen LogP contribution >= 0.6 is 11.8 Å². The molecular formula is C25H25N5O2S. The molecule has 0 radical (unpaired) electrons. The molecule has 1 aliphatic heterocycles. The smallest absolute Gasteiger partial charge is 0.247 e. The predicted octanol–water partition coefficient (Wildman–Crippen LogP) is 5.45. The van der Waals surface area contributed by atoms with Gasteiger partial charge in [-0.3, -0.25) is 9.69 Å². The fourth-order valence-corrected chi connectivity index (χ4v) is 4.49. The summed E-state index contributed by atoms with van der Waals surface area (Å²) in [6.45, 7) is 5.96. The Morgan fingerprint density at radius 1 is 1.18 bits per heavy atom. The van der Waals surface area contributed by atoms with Gasteiger partial charge in [0, 0.05) is 23.3 Å². The number of aryl methyl sites for hydroxylation is 1. The van der Waals surface area contributed by atoms with Gasteiger partial charge in [-0.05, 0) is 37.6 Å². The second-order valence-electron chi connectivity index (χ2n) is 7.79. The molecule has 0 saturated heterocycles. The molecule has 8 heteroatoms. The fourth-order valence-electron chi connectivity index (χ4n) is 3.63. The van der Waals surface area contributed by atoms with Crippen molar-refractivity contribution in [3.05, 3.63) is 59.2 Å². The number of fused-ring (bicyclic) bond motifs is 3. The first-order valence-electron chi connectivity index (χ1n) is 11.0. The van der Waals surface area contributed by atoms with Crippen LogP contribution in [0.1, 0.15) is 56.0 Å². The molecule has 1 aromatic heterocycles. The van der Waals surface area contributed by atoms with Crippen molar-refractivity contribution >= 4 is 23.4 Å². The largest absolute Gasteiger partial charge is 0.447 e. The summed E-state index contributed by atoms with van der Waals surface area (Å²) in [5.74, 6) is 1.15. The number of aromatic nitrogens is 3. The highest BCUT2D eigenvalue weighted by Gasteiger charge is 2.35. The first-order chi connectivity index (χ1) is 16.0. The minimum atomic E-state index is -0.752. The Morgan fingerprint density at radius 3 is 2.67 bits per heavy atom. The molecule has 1 aliphatic rings. The van der Waals surface area contributed by atoms with Crippen molar-refractivity contribution in [1.29, 1.82) is 5.26 Å². The van der Waals surface area contributed by atoms with Gasteiger partial charge in [-0.15, -0.1) is 10.2 Å². The van der Waals surface area contributed by atoms with Gasteiger partial charge in [0.1, 0.15) is 0 Å². The molecule has 1 unspecified atom stereocenters. The summed E-state index contributed by atoms with van der Waals surface area (Å²) in [5, 5.41) is 18.5. The molecule has 2 aromatic carbocycles. The molecule has 0 aliphatic carbocycles. The number of rotatable bonds is 6. The van der Waals surface area contributed by atoms with Crippen molar-refractivity contribution in [1.82, 2.24) is 15.2 Å². The van der Waals surface area contributed by atoms with E-state index in [0.29, 0.717) is 34.4 Å². The Hall–Kier alpha value is -3.44. The number of ether oxygens (including phenoxy) is 1. The van der Waals surface area contributed by atoms with Crippen LogP contribution in [0.25, 0.3) is 11.3 Å². The van der Waals surface area contributed by atoms with Crippen molar-refractivity contribution < 1.29 is 9.53 Å². The molecule has 0 bridgehead atoms. The number of nitriles is 1. The Balaban J connectivity index is 1.88. The summed E-state index contributed by atoms with van der Waals surface area (Å²) in [4.78, 5) is 19.5. The molecule has 2 heterocycles. The maximum absolute atomic E-state index is 13.2. The Bertz CT molecular complexity index is 1210. The van der Waals surface area contributed by atoms with Gasteiger partial charge in [0.25, 0.3) is 0 Å². The van der Waals surface area contributed by atoms with Crippen molar-refractivity contribution in [2.45, 2.75) is 51.4 Å². The quantitative estimate of drug-likeness (QED) is 0.358. The van der Waals surface area contributed by atoms with Crippen LogP contribution in [0.15, 0.2) is 47.6 Å². The lowest BCUT2D eigenvalue weighted by Gasteiger charge is -2.30. The molecule has 0 N–H and O–H groups in total. The SMILES string of the molecule is CCCCSc1nnc2c(n1)OC(c1ccc(C#N)cc1)N(C(=O)CC)c1ccc(C)cc1-2. The molecule has 33 heavy (non-hydrogen) atoms. The van der Waals surface area contributed by atoms with E-state index in [2.05, 4.69) is 28.2 Å². The first-order valence-corrected chi connectivity index (χ1v) is 12.0. The van der Waals surface area contributed by atoms with E-state index in [1.807, 2.05) is 44.2 Å². The molecule has 1 amide bonds. The van der Waals surface area contributed by atoms with E-state index in [0.717, 1.165) is 35.3 Å². The molecule has 168 valence electrons. The van der Waals surface area contributed by atoms with E-state index >= 15 is 0 Å². The second kappa shape index (κ2) is 10.0. The standard InChI is InChI=1S/C25H25N5O2S/c1-4-6-13-33-25-27-23-22(28-29-25)19-14-16(3)7-12-20(19)30(21(31)5-2)24(32-23)18-10-8-17(15-26)9-11-18/h7-12,14,24H,4-6,13H2,1-3H3. The van der Waals surface area contributed by atoms with E-state index in [-0.39, 0.29) is 5.91 Å². The van der Waals surface area contributed by atoms with Crippen molar-refractivity contribution in [2.24, 2.45) is 0 Å². The number of unbranched alkanes of at least 4 members (excludes halogenated alkanes) is 1. The van der Waals surface area contributed by atoms with Crippen molar-refractivity contribution in [3.63, 3.8) is 0 Å². The van der Waals surface area contributed by atoms with Crippen LogP contribution in [-0.4, -0.2) is 26.8 Å². The molecule has 4 rings (SSSR count). The van der Waals surface area contributed by atoms with Crippen LogP contribution in [0.2, 0.25) is 0 Å². The Labute approximate surface area is 197 Å². The lowest BCUT2D eigenvalue weighted by Crippen LogP contribution is -2.37. The van der Waals surface area contributed by atoms with Crippen LogP contribution < -0.4 is 9.64 Å². The molecule has 0 fully saturated rings. The summed E-state index contributed by atoms with van der Waals surface area (Å²) in [7, 11) is 0. The normalized spacial score (nSPS) is 14.5. The third-order valence-corrected chi connectivity index (χ3v) is 6.31. The van der Waals surface area contributed by atoms with Gasteiger partial charge < -0.3 is 4.74 Å². The molecule has 0 saturated carbocycles. The monoisotopic (exact) mass is 459 g/mol. The van der Waals surface area contributed by atoms with Crippen LogP contribution in [0.4, 0.5) is 5.69 Å². The van der Waals surface area contributed by atoms with Crippen LogP contribution in [0.5, 0.6) is 5.88 Å². The van der Waals surface area contributed by atoms with Crippen LogP contribution in [0, 0.1) is 18.3 Å². The number of carbonyl (C=O) groups is 1. The number of nitrogens with zero attached hydrogens (tertiary/aromatic N) is 5. The van der Waals surface area contributed by atoms with E-state index < -0.39 is 6.23 Å². The molecule has 1 atom stereocenters. The van der Waals surface area contributed by atoms with Crippen LogP contribution in [0.3, 0.4) is 0 Å². The summed E-state index contributed by atoms with van der Waals surface area (Å²) in [5.41, 5.74) is 4.28. The second-order valence-corrected chi connectivity index (χ2v) is 8.85. The minimum absolute atomic E-state index is 0.0900. The minimum Gasteiger partial charge on any atom is -0.447 e. The van der Waals surface area contributed by atoms with Gasteiger partial charge in [0.15, 0.2) is 5.69 Å². The topological polar surface area (TPSA) is 92.0 Å². The lowest BCUT2D eigenvalue weighted by atomic mass is 10.0. The highest BCUT2D eigenvalue weighted by atomic mass is 32.2. The maximum Gasteiger partial charge on any atom is 0.247 e. The summed E-state index contributed by atoms with van der Waals surface area (Å²) < 4.78 is 6.42. The average Bonchev–Trinajstić information content (AvgIpc) is 2.98. The Morgan fingerprint density at radius 2 is 1.97 bits per heavy atom. The Kier molecular flexibility index (Phi) is 6.90. The molecular weight excluding hydrogens is 434 g/mol. The number of hydrogen-bond acceptors (Lipinski definition) is 7. The van der Waals surface area contributed by atoms with Crippen LogP contribution in [-0.2, 0) is 4.79 Å². The number of thioether (sulfide) groups is 1. The van der Waals surface area contributed by atoms with Gasteiger partial charge in [-0.1, -0.05) is 55.8 Å². The zero-order valence-corrected chi connectivity index (χ0v) is 19.7. The first kappa shape index (κ1) is 22.7. The predicted molar refractivity (Wildman–Crippen MR) is 128 cm³/mol. The van der Waals surface area contributed by atoms with Gasteiger partial charge in [-0.25, -0.2) is 0 Å². The average molecular weight is 460 g/mol. The number of anilines is 1. The number of hydrogen-bond donors (Lipinski definition) is 0. The van der Waals surface area contributed by atoms with E-state index in [4.69, 9.17) is 4.74 Å². The zero-order chi connectivity index (χ0) is 23.4.